The van der Waals surface area contributed by atoms with E-state index in [0.717, 1.165) is 80.4 Å². The average Bonchev–Trinajstić information content (AvgIpc) is 3.54. The molecular weight excluding hydrogens is 707 g/mol. The minimum atomic E-state index is -0.624. The van der Waals surface area contributed by atoms with Gasteiger partial charge in [0.15, 0.2) is 0 Å². The summed E-state index contributed by atoms with van der Waals surface area (Å²) in [4.78, 5) is 46.8. The normalized spacial score (nSPS) is 25.1. The van der Waals surface area contributed by atoms with Gasteiger partial charge in [-0.05, 0) is 72.2 Å². The Hall–Kier alpha value is -5.55. The van der Waals surface area contributed by atoms with E-state index < -0.39 is 11.9 Å². The smallest absolute Gasteiger partial charge is 0.255 e. The molecule has 11 heteroatoms. The zero-order valence-corrected chi connectivity index (χ0v) is 31.4. The van der Waals surface area contributed by atoms with Crippen LogP contribution < -0.4 is 24.6 Å². The monoisotopic (exact) mass is 753 g/mol. The van der Waals surface area contributed by atoms with Crippen molar-refractivity contribution in [3.63, 3.8) is 0 Å². The van der Waals surface area contributed by atoms with Crippen LogP contribution in [0.1, 0.15) is 70.1 Å². The molecule has 3 saturated heterocycles. The molecule has 1 unspecified atom stereocenters. The minimum absolute atomic E-state index is 0.130. The SMILES string of the molecule is O=C1CCC(N2Cc3cc4c(cc3C2=O)OC[C@@H]2CN(CC3CCN(c5ccc([C@@H]6c7ccc(O)cc7OC[C@@H]6c6ccccc6)cc5)CC3)CCN42)C(=O)N1. The van der Waals surface area contributed by atoms with Crippen molar-refractivity contribution in [2.45, 2.75) is 56.1 Å². The van der Waals surface area contributed by atoms with E-state index in [2.05, 4.69) is 80.7 Å². The van der Waals surface area contributed by atoms with Crippen LogP contribution in [-0.4, -0.2) is 97.2 Å². The third-order valence-electron chi connectivity index (χ3n) is 13.0. The Morgan fingerprint density at radius 2 is 1.57 bits per heavy atom. The molecule has 11 nitrogen and oxygen atoms in total. The van der Waals surface area contributed by atoms with Gasteiger partial charge in [0, 0.05) is 87.0 Å². The molecule has 6 aliphatic heterocycles. The van der Waals surface area contributed by atoms with Gasteiger partial charge in [0.05, 0.1) is 18.3 Å². The number of fused-ring (bicyclic) bond motifs is 5. The lowest BCUT2D eigenvalue weighted by Crippen LogP contribution is -2.58. The van der Waals surface area contributed by atoms with Crippen molar-refractivity contribution in [2.24, 2.45) is 5.92 Å². The molecule has 4 aromatic carbocycles. The summed E-state index contributed by atoms with van der Waals surface area (Å²) in [6.07, 6.45) is 2.91. The van der Waals surface area contributed by atoms with E-state index in [9.17, 15) is 19.5 Å². The van der Waals surface area contributed by atoms with Crippen molar-refractivity contribution in [3.8, 4) is 17.2 Å². The highest BCUT2D eigenvalue weighted by atomic mass is 16.5. The van der Waals surface area contributed by atoms with Gasteiger partial charge in [-0.25, -0.2) is 0 Å². The highest BCUT2D eigenvalue weighted by Gasteiger charge is 2.42. The summed E-state index contributed by atoms with van der Waals surface area (Å²) in [6.45, 7) is 7.50. The van der Waals surface area contributed by atoms with Gasteiger partial charge in [0.2, 0.25) is 11.8 Å². The first-order valence-electron chi connectivity index (χ1n) is 20.2. The van der Waals surface area contributed by atoms with Crippen LogP contribution in [0.25, 0.3) is 0 Å². The summed E-state index contributed by atoms with van der Waals surface area (Å²) in [5.41, 5.74) is 7.43. The molecular formula is C45H47N5O6. The number of benzene rings is 4. The second-order valence-electron chi connectivity index (χ2n) is 16.3. The first-order chi connectivity index (χ1) is 27.4. The number of rotatable bonds is 6. The molecule has 0 spiro atoms. The molecule has 6 heterocycles. The quantitative estimate of drug-likeness (QED) is 0.255. The van der Waals surface area contributed by atoms with E-state index in [1.54, 1.807) is 17.0 Å². The number of hydrogen-bond donors (Lipinski definition) is 2. The number of piperidine rings is 2. The maximum Gasteiger partial charge on any atom is 0.255 e. The van der Waals surface area contributed by atoms with Crippen molar-refractivity contribution in [2.75, 3.05) is 62.3 Å². The van der Waals surface area contributed by atoms with Crippen LogP contribution >= 0.6 is 0 Å². The number of piperazine rings is 1. The maximum atomic E-state index is 13.4. The van der Waals surface area contributed by atoms with E-state index in [1.165, 1.54) is 16.8 Å². The zero-order chi connectivity index (χ0) is 37.9. The fraction of sp³-hybridized carbons (Fsp3) is 0.400. The van der Waals surface area contributed by atoms with Gasteiger partial charge in [-0.2, -0.15) is 0 Å². The molecule has 4 atom stereocenters. The maximum absolute atomic E-state index is 13.4. The molecule has 0 saturated carbocycles. The standard InChI is InChI=1S/C45H47N5O6/c51-34-10-11-35-40(21-34)56-27-37(29-4-2-1-3-5-29)43(35)30-6-8-32(9-7-30)48-16-14-28(15-17-48)23-47-18-19-49-33(25-47)26-55-41-22-36-31(20-39(41)49)24-50(45(36)54)38-12-13-42(52)46-44(38)53/h1-11,20-22,28,33,37-38,43,51H,12-19,23-27H2,(H,46,52,53)/t33-,37+,38?,43+/m0/s1. The lowest BCUT2D eigenvalue weighted by molar-refractivity contribution is -0.136. The first kappa shape index (κ1) is 34.9. The summed E-state index contributed by atoms with van der Waals surface area (Å²) < 4.78 is 12.5. The third-order valence-corrected chi connectivity index (χ3v) is 13.0. The molecule has 3 amide bonds. The summed E-state index contributed by atoms with van der Waals surface area (Å²) in [5.74, 6) is 1.83. The molecule has 0 bridgehead atoms. The highest BCUT2D eigenvalue weighted by molar-refractivity contribution is 6.06. The number of carbonyl (C=O) groups is 3. The van der Waals surface area contributed by atoms with Gasteiger partial charge in [0.1, 0.15) is 29.9 Å². The van der Waals surface area contributed by atoms with Gasteiger partial charge < -0.3 is 29.3 Å². The Morgan fingerprint density at radius 3 is 2.38 bits per heavy atom. The Labute approximate surface area is 326 Å². The number of aromatic hydroxyl groups is 1. The number of nitrogens with one attached hydrogen (secondary N) is 1. The summed E-state index contributed by atoms with van der Waals surface area (Å²) in [5, 5.41) is 12.5. The second-order valence-corrected chi connectivity index (χ2v) is 16.3. The van der Waals surface area contributed by atoms with Crippen molar-refractivity contribution in [1.29, 1.82) is 0 Å². The van der Waals surface area contributed by atoms with Crippen molar-refractivity contribution >= 4 is 29.1 Å². The van der Waals surface area contributed by atoms with Crippen LogP contribution in [0.5, 0.6) is 17.2 Å². The van der Waals surface area contributed by atoms with Crippen LogP contribution in [0.15, 0.2) is 84.9 Å². The van der Waals surface area contributed by atoms with Crippen LogP contribution in [0.4, 0.5) is 11.4 Å². The molecule has 0 aliphatic carbocycles. The first-order valence-corrected chi connectivity index (χ1v) is 20.2. The van der Waals surface area contributed by atoms with Crippen LogP contribution in [-0.2, 0) is 16.1 Å². The van der Waals surface area contributed by atoms with E-state index in [4.69, 9.17) is 9.47 Å². The summed E-state index contributed by atoms with van der Waals surface area (Å²) >= 11 is 0. The topological polar surface area (TPSA) is 115 Å². The fourth-order valence-corrected chi connectivity index (χ4v) is 10.1. The van der Waals surface area contributed by atoms with Crippen molar-refractivity contribution < 1.29 is 29.0 Å². The van der Waals surface area contributed by atoms with E-state index in [-0.39, 0.29) is 41.9 Å². The molecule has 0 radical (unpaired) electrons. The Bertz CT molecular complexity index is 2170. The minimum Gasteiger partial charge on any atom is -0.508 e. The zero-order valence-electron chi connectivity index (χ0n) is 31.4. The van der Waals surface area contributed by atoms with Crippen molar-refractivity contribution in [1.82, 2.24) is 15.1 Å². The average molecular weight is 754 g/mol. The van der Waals surface area contributed by atoms with Crippen molar-refractivity contribution in [3.05, 3.63) is 113 Å². The van der Waals surface area contributed by atoms with E-state index in [0.29, 0.717) is 37.7 Å². The van der Waals surface area contributed by atoms with Crippen LogP contribution in [0.2, 0.25) is 0 Å². The van der Waals surface area contributed by atoms with Gasteiger partial charge >= 0.3 is 0 Å². The predicted octanol–water partition coefficient (Wildman–Crippen LogP) is 5.26. The van der Waals surface area contributed by atoms with Crippen LogP contribution in [0.3, 0.4) is 0 Å². The Morgan fingerprint density at radius 1 is 0.768 bits per heavy atom. The fourth-order valence-electron chi connectivity index (χ4n) is 10.1. The number of amides is 3. The molecule has 3 fully saturated rings. The van der Waals surface area contributed by atoms with Gasteiger partial charge in [-0.15, -0.1) is 0 Å². The molecule has 6 aliphatic rings. The number of phenolic OH excluding ortho intramolecular Hbond substituents is 1. The number of anilines is 2. The highest BCUT2D eigenvalue weighted by Crippen LogP contribution is 2.47. The predicted molar refractivity (Wildman–Crippen MR) is 212 cm³/mol. The summed E-state index contributed by atoms with van der Waals surface area (Å²) in [7, 11) is 0. The third kappa shape index (κ3) is 6.31. The number of ether oxygens (including phenoxy) is 2. The number of imide groups is 1. The number of hydrogen-bond acceptors (Lipinski definition) is 9. The Kier molecular flexibility index (Phi) is 8.84. The molecule has 56 heavy (non-hydrogen) atoms. The number of phenols is 1. The molecule has 288 valence electrons. The van der Waals surface area contributed by atoms with E-state index in [1.807, 2.05) is 12.1 Å². The van der Waals surface area contributed by atoms with Gasteiger partial charge in [0.25, 0.3) is 5.91 Å². The lowest BCUT2D eigenvalue weighted by atomic mass is 9.76. The second kappa shape index (κ2) is 14.2. The molecule has 2 N–H and O–H groups in total. The molecule has 0 aromatic heterocycles. The van der Waals surface area contributed by atoms with Gasteiger partial charge in [-0.1, -0.05) is 48.5 Å². The number of nitrogens with zero attached hydrogens (tertiary/aromatic N) is 4. The van der Waals surface area contributed by atoms with E-state index >= 15 is 0 Å². The van der Waals surface area contributed by atoms with Gasteiger partial charge in [-0.3, -0.25) is 24.6 Å². The molecule has 4 aromatic rings. The van der Waals surface area contributed by atoms with Crippen LogP contribution in [0, 0.1) is 5.92 Å². The summed E-state index contributed by atoms with van der Waals surface area (Å²) in [6, 6.07) is 28.8. The molecule has 10 rings (SSSR count). The Balaban J connectivity index is 0.757. The lowest BCUT2D eigenvalue weighted by Gasteiger charge is -2.47. The largest absolute Gasteiger partial charge is 0.508 e. The number of carbonyl (C=O) groups excluding carboxylic acids is 3.